The van der Waals surface area contributed by atoms with Crippen molar-refractivity contribution in [3.05, 3.63) is 29.8 Å². The first kappa shape index (κ1) is 16.3. The third-order valence-corrected chi connectivity index (χ3v) is 3.53. The van der Waals surface area contributed by atoms with Crippen molar-refractivity contribution < 1.29 is 14.2 Å². The number of rotatable bonds is 6. The molecule has 0 spiro atoms. The van der Waals surface area contributed by atoms with Crippen LogP contribution >= 0.6 is 0 Å². The minimum absolute atomic E-state index is 0.00558. The summed E-state index contributed by atoms with van der Waals surface area (Å²) in [6, 6.07) is 8.10. The van der Waals surface area contributed by atoms with E-state index in [1.807, 2.05) is 18.2 Å². The van der Waals surface area contributed by atoms with Gasteiger partial charge in [-0.25, -0.2) is 0 Å². The lowest BCUT2D eigenvalue weighted by molar-refractivity contribution is -0.0189. The van der Waals surface area contributed by atoms with Gasteiger partial charge in [0.15, 0.2) is 0 Å². The maximum atomic E-state index is 6.25. The van der Waals surface area contributed by atoms with Crippen LogP contribution in [0.3, 0.4) is 0 Å². The topological polar surface area (TPSA) is 39.7 Å². The summed E-state index contributed by atoms with van der Waals surface area (Å²) in [5.74, 6) is 0.861. The molecule has 0 aliphatic carbocycles. The Morgan fingerprint density at radius 3 is 2.81 bits per heavy atom. The first-order chi connectivity index (χ1) is 9.98. The highest BCUT2D eigenvalue weighted by Gasteiger charge is 2.23. The van der Waals surface area contributed by atoms with Gasteiger partial charge in [-0.3, -0.25) is 0 Å². The van der Waals surface area contributed by atoms with Crippen LogP contribution < -0.4 is 10.1 Å². The van der Waals surface area contributed by atoms with Crippen molar-refractivity contribution in [2.24, 2.45) is 0 Å². The molecule has 1 aliphatic rings. The average Bonchev–Trinajstić information content (AvgIpc) is 2.95. The van der Waals surface area contributed by atoms with Crippen molar-refractivity contribution in [3.8, 4) is 5.75 Å². The molecule has 0 bridgehead atoms. The fraction of sp³-hybridized carbons (Fsp3) is 0.647. The maximum absolute atomic E-state index is 6.25. The molecule has 0 radical (unpaired) electrons. The third kappa shape index (κ3) is 5.30. The van der Waals surface area contributed by atoms with Crippen molar-refractivity contribution in [3.63, 3.8) is 0 Å². The number of hydrogen-bond acceptors (Lipinski definition) is 4. The van der Waals surface area contributed by atoms with Crippen LogP contribution in [-0.4, -0.2) is 38.5 Å². The van der Waals surface area contributed by atoms with E-state index in [-0.39, 0.29) is 17.7 Å². The van der Waals surface area contributed by atoms with E-state index in [4.69, 9.17) is 14.2 Å². The van der Waals surface area contributed by atoms with Gasteiger partial charge in [-0.05, 0) is 44.9 Å². The van der Waals surface area contributed by atoms with E-state index < -0.39 is 0 Å². The molecule has 4 heteroatoms. The fourth-order valence-electron chi connectivity index (χ4n) is 2.34. The highest BCUT2D eigenvalue weighted by Crippen LogP contribution is 2.25. The van der Waals surface area contributed by atoms with E-state index in [9.17, 15) is 0 Å². The van der Waals surface area contributed by atoms with Crippen LogP contribution in [0.4, 0.5) is 0 Å². The van der Waals surface area contributed by atoms with Crippen LogP contribution in [0.25, 0.3) is 0 Å². The van der Waals surface area contributed by atoms with Crippen LogP contribution in [0, 0.1) is 0 Å². The second-order valence-electron chi connectivity index (χ2n) is 6.52. The molecule has 0 amide bonds. The molecule has 1 aromatic rings. The molecule has 2 unspecified atom stereocenters. The first-order valence-corrected chi connectivity index (χ1v) is 7.60. The van der Waals surface area contributed by atoms with Gasteiger partial charge in [0.1, 0.15) is 5.75 Å². The Hall–Kier alpha value is -1.10. The summed E-state index contributed by atoms with van der Waals surface area (Å²) in [7, 11) is 1.69. The lowest BCUT2D eigenvalue weighted by atomic mass is 10.1. The van der Waals surface area contributed by atoms with Crippen LogP contribution in [0.5, 0.6) is 5.75 Å². The molecular weight excluding hydrogens is 266 g/mol. The van der Waals surface area contributed by atoms with Gasteiger partial charge in [0, 0.05) is 18.7 Å². The van der Waals surface area contributed by atoms with Gasteiger partial charge < -0.3 is 19.5 Å². The van der Waals surface area contributed by atoms with E-state index in [1.165, 1.54) is 0 Å². The Morgan fingerprint density at radius 1 is 1.38 bits per heavy atom. The smallest absolute Gasteiger partial charge is 0.119 e. The quantitative estimate of drug-likeness (QED) is 0.875. The second-order valence-corrected chi connectivity index (χ2v) is 6.52. The van der Waals surface area contributed by atoms with Crippen LogP contribution in [-0.2, 0) is 9.47 Å². The Labute approximate surface area is 127 Å². The van der Waals surface area contributed by atoms with Crippen molar-refractivity contribution in [1.29, 1.82) is 0 Å². The molecule has 4 nitrogen and oxygen atoms in total. The number of methoxy groups -OCH3 is 1. The Bertz CT molecular complexity index is 436. The van der Waals surface area contributed by atoms with E-state index >= 15 is 0 Å². The van der Waals surface area contributed by atoms with Crippen molar-refractivity contribution in [1.82, 2.24) is 5.32 Å². The van der Waals surface area contributed by atoms with Gasteiger partial charge >= 0.3 is 0 Å². The minimum Gasteiger partial charge on any atom is -0.497 e. The molecule has 21 heavy (non-hydrogen) atoms. The zero-order chi connectivity index (χ0) is 15.3. The van der Waals surface area contributed by atoms with Crippen LogP contribution in [0.15, 0.2) is 24.3 Å². The molecule has 1 heterocycles. The molecule has 1 fully saturated rings. The summed E-state index contributed by atoms with van der Waals surface area (Å²) < 4.78 is 17.0. The summed E-state index contributed by atoms with van der Waals surface area (Å²) >= 11 is 0. The summed E-state index contributed by atoms with van der Waals surface area (Å²) in [4.78, 5) is 0. The van der Waals surface area contributed by atoms with E-state index in [0.29, 0.717) is 6.61 Å². The summed E-state index contributed by atoms with van der Waals surface area (Å²) in [6.45, 7) is 8.74. The zero-order valence-corrected chi connectivity index (χ0v) is 13.5. The number of benzene rings is 1. The minimum atomic E-state index is 0.00558. The molecule has 1 saturated heterocycles. The molecule has 2 rings (SSSR count). The predicted molar refractivity (Wildman–Crippen MR) is 83.8 cm³/mol. The summed E-state index contributed by atoms with van der Waals surface area (Å²) in [6.07, 6.45) is 1.16. The maximum Gasteiger partial charge on any atom is 0.119 e. The molecule has 0 saturated carbocycles. The lowest BCUT2D eigenvalue weighted by Gasteiger charge is -2.27. The zero-order valence-electron chi connectivity index (χ0n) is 13.5. The molecule has 2 atom stereocenters. The molecule has 1 N–H and O–H groups in total. The SMILES string of the molecule is COc1cccc(C(CNC(C)(C)C)OC2CCOC2)c1. The Morgan fingerprint density at radius 2 is 2.19 bits per heavy atom. The lowest BCUT2D eigenvalue weighted by Crippen LogP contribution is -2.39. The van der Waals surface area contributed by atoms with E-state index in [2.05, 4.69) is 32.2 Å². The fourth-order valence-corrected chi connectivity index (χ4v) is 2.34. The number of hydrogen-bond donors (Lipinski definition) is 1. The van der Waals surface area contributed by atoms with E-state index in [1.54, 1.807) is 7.11 Å². The van der Waals surface area contributed by atoms with E-state index in [0.717, 1.165) is 30.9 Å². The van der Waals surface area contributed by atoms with Gasteiger partial charge in [-0.2, -0.15) is 0 Å². The van der Waals surface area contributed by atoms with Gasteiger partial charge in [-0.15, -0.1) is 0 Å². The largest absolute Gasteiger partial charge is 0.497 e. The highest BCUT2D eigenvalue weighted by molar-refractivity contribution is 5.30. The molecule has 1 aliphatic heterocycles. The van der Waals surface area contributed by atoms with Gasteiger partial charge in [0.05, 0.1) is 25.9 Å². The standard InChI is InChI=1S/C17H27NO3/c1-17(2,3)18-11-16(21-15-8-9-20-12-15)13-6-5-7-14(10-13)19-4/h5-7,10,15-16,18H,8-9,11-12H2,1-4H3. The molecule has 1 aromatic carbocycles. The summed E-state index contributed by atoms with van der Waals surface area (Å²) in [5, 5.41) is 3.53. The first-order valence-electron chi connectivity index (χ1n) is 7.60. The summed E-state index contributed by atoms with van der Waals surface area (Å²) in [5.41, 5.74) is 1.20. The number of nitrogens with one attached hydrogen (secondary N) is 1. The highest BCUT2D eigenvalue weighted by atomic mass is 16.6. The number of ether oxygens (including phenoxy) is 3. The monoisotopic (exact) mass is 293 g/mol. The second kappa shape index (κ2) is 7.25. The van der Waals surface area contributed by atoms with Crippen molar-refractivity contribution in [2.75, 3.05) is 26.9 Å². The molecule has 118 valence electrons. The molecular formula is C17H27NO3. The van der Waals surface area contributed by atoms with Crippen LogP contribution in [0.1, 0.15) is 38.9 Å². The average molecular weight is 293 g/mol. The van der Waals surface area contributed by atoms with Crippen molar-refractivity contribution >= 4 is 0 Å². The predicted octanol–water partition coefficient (Wildman–Crippen LogP) is 2.93. The third-order valence-electron chi connectivity index (χ3n) is 3.53. The van der Waals surface area contributed by atoms with Gasteiger partial charge in [-0.1, -0.05) is 12.1 Å². The van der Waals surface area contributed by atoms with Gasteiger partial charge in [0.25, 0.3) is 0 Å². The molecule has 0 aromatic heterocycles. The Kier molecular flexibility index (Phi) is 5.62. The van der Waals surface area contributed by atoms with Crippen LogP contribution in [0.2, 0.25) is 0 Å². The Balaban J connectivity index is 2.08. The normalized spacial score (nSPS) is 20.5. The van der Waals surface area contributed by atoms with Crippen molar-refractivity contribution in [2.45, 2.75) is 44.9 Å². The van der Waals surface area contributed by atoms with Gasteiger partial charge in [0.2, 0.25) is 0 Å².